The first kappa shape index (κ1) is 24.1. The van der Waals surface area contributed by atoms with Crippen LogP contribution in [0.25, 0.3) is 0 Å². The minimum Gasteiger partial charge on any atom is -0.359 e. The van der Waals surface area contributed by atoms with Crippen LogP contribution in [-0.2, 0) is 0 Å². The molecular formula is C19H38N4S2. The van der Waals surface area contributed by atoms with Crippen molar-refractivity contribution in [3.05, 3.63) is 12.7 Å². The Labute approximate surface area is 166 Å². The molecule has 0 unspecified atom stereocenters. The van der Waals surface area contributed by atoms with Gasteiger partial charge in [-0.05, 0) is 44.7 Å². The van der Waals surface area contributed by atoms with E-state index in [1.165, 1.54) is 57.8 Å². The number of unbranched alkanes of at least 4 members (excludes halogenated alkanes) is 8. The summed E-state index contributed by atoms with van der Waals surface area (Å²) in [6, 6.07) is 0.480. The first-order chi connectivity index (χ1) is 12.0. The summed E-state index contributed by atoms with van der Waals surface area (Å²) in [5.74, 6) is 0. The highest BCUT2D eigenvalue weighted by molar-refractivity contribution is 7.80. The normalized spacial score (nSPS) is 12.8. The second-order valence-electron chi connectivity index (χ2n) is 6.74. The number of hydrazine groups is 1. The molecule has 0 aromatic heterocycles. The van der Waals surface area contributed by atoms with Crippen LogP contribution in [0.2, 0.25) is 0 Å². The average molecular weight is 387 g/mol. The van der Waals surface area contributed by atoms with Crippen molar-refractivity contribution < 1.29 is 0 Å². The molecule has 0 spiro atoms. The average Bonchev–Trinajstić information content (AvgIpc) is 2.58. The number of rotatable bonds is 13. The Hall–Kier alpha value is -0.880. The van der Waals surface area contributed by atoms with E-state index >= 15 is 0 Å². The number of thiocarbonyl (C=S) groups is 2. The second-order valence-corrected chi connectivity index (χ2v) is 7.56. The minimum atomic E-state index is 0.119. The Bertz CT molecular complexity index is 374. The van der Waals surface area contributed by atoms with Gasteiger partial charge in [-0.25, -0.2) is 0 Å². The molecule has 0 aliphatic rings. The molecule has 0 rings (SSSR count). The third kappa shape index (κ3) is 16.3. The van der Waals surface area contributed by atoms with Gasteiger partial charge in [0.1, 0.15) is 0 Å². The molecule has 0 fully saturated rings. The Morgan fingerprint density at radius 3 is 1.84 bits per heavy atom. The molecule has 0 amide bonds. The number of hydrogen-bond acceptors (Lipinski definition) is 2. The van der Waals surface area contributed by atoms with E-state index < -0.39 is 0 Å². The predicted molar refractivity (Wildman–Crippen MR) is 119 cm³/mol. The van der Waals surface area contributed by atoms with Crippen molar-refractivity contribution in [2.24, 2.45) is 0 Å². The van der Waals surface area contributed by atoms with Gasteiger partial charge in [0, 0.05) is 12.1 Å². The quantitative estimate of drug-likeness (QED) is 0.159. The van der Waals surface area contributed by atoms with E-state index in [9.17, 15) is 0 Å². The molecule has 146 valence electrons. The predicted octanol–water partition coefficient (Wildman–Crippen LogP) is 4.71. The van der Waals surface area contributed by atoms with E-state index in [1.54, 1.807) is 6.08 Å². The highest BCUT2D eigenvalue weighted by atomic mass is 32.1. The van der Waals surface area contributed by atoms with Crippen LogP contribution >= 0.6 is 24.4 Å². The van der Waals surface area contributed by atoms with Gasteiger partial charge in [0.2, 0.25) is 0 Å². The van der Waals surface area contributed by atoms with Gasteiger partial charge in [0.15, 0.2) is 10.2 Å². The third-order valence-corrected chi connectivity index (χ3v) is 4.56. The molecule has 0 radical (unpaired) electrons. The molecule has 4 N–H and O–H groups in total. The zero-order valence-electron chi connectivity index (χ0n) is 16.3. The lowest BCUT2D eigenvalue weighted by atomic mass is 10.0. The third-order valence-electron chi connectivity index (χ3n) is 4.12. The van der Waals surface area contributed by atoms with Crippen LogP contribution in [-0.4, -0.2) is 22.3 Å². The van der Waals surface area contributed by atoms with Crippen molar-refractivity contribution in [1.82, 2.24) is 21.5 Å². The Balaban J connectivity index is 3.55. The van der Waals surface area contributed by atoms with Crippen LogP contribution in [0.15, 0.2) is 12.7 Å². The zero-order chi connectivity index (χ0) is 18.9. The number of nitrogens with one attached hydrogen (secondary N) is 4. The van der Waals surface area contributed by atoms with E-state index in [0.29, 0.717) is 16.3 Å². The van der Waals surface area contributed by atoms with Crippen LogP contribution in [0.1, 0.15) is 85.0 Å². The lowest BCUT2D eigenvalue weighted by Gasteiger charge is -2.19. The molecule has 0 aromatic carbocycles. The van der Waals surface area contributed by atoms with Gasteiger partial charge in [-0.2, -0.15) is 0 Å². The summed E-state index contributed by atoms with van der Waals surface area (Å²) in [6.45, 7) is 10.1. The molecular weight excluding hydrogens is 348 g/mol. The second kappa shape index (κ2) is 16.6. The zero-order valence-corrected chi connectivity index (χ0v) is 18.0. The fraction of sp³-hybridized carbons (Fsp3) is 0.789. The number of hydrogen-bond donors (Lipinski definition) is 4. The van der Waals surface area contributed by atoms with E-state index in [4.69, 9.17) is 24.4 Å². The molecule has 0 heterocycles. The molecule has 4 nitrogen and oxygen atoms in total. The van der Waals surface area contributed by atoms with E-state index in [0.717, 1.165) is 6.42 Å². The van der Waals surface area contributed by atoms with Crippen LogP contribution in [0.4, 0.5) is 0 Å². The van der Waals surface area contributed by atoms with Gasteiger partial charge >= 0.3 is 0 Å². The van der Waals surface area contributed by atoms with Crippen molar-refractivity contribution in [3.8, 4) is 0 Å². The van der Waals surface area contributed by atoms with Gasteiger partial charge in [-0.15, -0.1) is 6.58 Å². The molecule has 0 aliphatic carbocycles. The maximum absolute atomic E-state index is 5.27. The molecule has 0 saturated carbocycles. The monoisotopic (exact) mass is 386 g/mol. The lowest BCUT2D eigenvalue weighted by molar-refractivity contribution is 0.518. The molecule has 0 aromatic rings. The van der Waals surface area contributed by atoms with E-state index in [-0.39, 0.29) is 6.04 Å². The Kier molecular flexibility index (Phi) is 16.0. The summed E-state index contributed by atoms with van der Waals surface area (Å²) < 4.78 is 0. The van der Waals surface area contributed by atoms with Crippen molar-refractivity contribution in [2.75, 3.05) is 0 Å². The molecule has 0 aliphatic heterocycles. The van der Waals surface area contributed by atoms with Gasteiger partial charge in [-0.3, -0.25) is 10.9 Å². The van der Waals surface area contributed by atoms with Gasteiger partial charge < -0.3 is 10.6 Å². The summed E-state index contributed by atoms with van der Waals surface area (Å²) in [7, 11) is 0. The Morgan fingerprint density at radius 2 is 1.32 bits per heavy atom. The minimum absolute atomic E-state index is 0.119. The fourth-order valence-electron chi connectivity index (χ4n) is 2.51. The lowest BCUT2D eigenvalue weighted by Crippen LogP contribution is -2.52. The summed E-state index contributed by atoms with van der Waals surface area (Å²) in [5, 5.41) is 7.41. The van der Waals surface area contributed by atoms with Gasteiger partial charge in [0.25, 0.3) is 0 Å². The van der Waals surface area contributed by atoms with Crippen molar-refractivity contribution in [3.63, 3.8) is 0 Å². The van der Waals surface area contributed by atoms with E-state index in [1.807, 2.05) is 6.92 Å². The Morgan fingerprint density at radius 1 is 0.840 bits per heavy atom. The maximum atomic E-state index is 5.27. The largest absolute Gasteiger partial charge is 0.359 e. The molecule has 2 atom stereocenters. The summed E-state index contributed by atoms with van der Waals surface area (Å²) in [4.78, 5) is 0. The fourth-order valence-corrected chi connectivity index (χ4v) is 3.00. The smallest absolute Gasteiger partial charge is 0.185 e. The first-order valence-corrected chi connectivity index (χ1v) is 10.6. The standard InChI is InChI=1S/C19H38N4S2/c1-5-7-8-9-10-11-12-13-14-15-17(4)21-19(25)23-22-18(24)20-16(3)6-2/h6,16-17H,2,5,7-15H2,1,3-4H3,(H2,20,22,24)(H2,21,23,25)/t16-,17+/m1/s1. The highest BCUT2D eigenvalue weighted by Gasteiger charge is 2.05. The van der Waals surface area contributed by atoms with Crippen LogP contribution in [0.3, 0.4) is 0 Å². The SMILES string of the molecule is C=C[C@@H](C)NC(=S)NNC(=S)N[C@@H](C)CCCCCCCCCCC. The molecule has 6 heteroatoms. The highest BCUT2D eigenvalue weighted by Crippen LogP contribution is 2.11. The van der Waals surface area contributed by atoms with Gasteiger partial charge in [0.05, 0.1) is 0 Å². The molecule has 0 bridgehead atoms. The molecule has 25 heavy (non-hydrogen) atoms. The van der Waals surface area contributed by atoms with Crippen molar-refractivity contribution in [2.45, 2.75) is 97.1 Å². The van der Waals surface area contributed by atoms with Crippen LogP contribution in [0, 0.1) is 0 Å². The van der Waals surface area contributed by atoms with Crippen LogP contribution < -0.4 is 21.5 Å². The van der Waals surface area contributed by atoms with Crippen molar-refractivity contribution >= 4 is 34.7 Å². The summed E-state index contributed by atoms with van der Waals surface area (Å²) in [5.41, 5.74) is 5.79. The van der Waals surface area contributed by atoms with E-state index in [2.05, 4.69) is 41.9 Å². The molecule has 0 saturated heterocycles. The van der Waals surface area contributed by atoms with Gasteiger partial charge in [-0.1, -0.05) is 70.8 Å². The first-order valence-electron chi connectivity index (χ1n) is 9.75. The maximum Gasteiger partial charge on any atom is 0.185 e. The summed E-state index contributed by atoms with van der Waals surface area (Å²) >= 11 is 10.4. The van der Waals surface area contributed by atoms with Crippen molar-refractivity contribution in [1.29, 1.82) is 0 Å². The summed E-state index contributed by atoms with van der Waals surface area (Å²) in [6.07, 6.45) is 15.1. The van der Waals surface area contributed by atoms with Crippen LogP contribution in [0.5, 0.6) is 0 Å². The topological polar surface area (TPSA) is 48.1 Å².